The molecule has 5 nitrogen and oxygen atoms in total. The van der Waals surface area contributed by atoms with Crippen LogP contribution >= 0.6 is 11.6 Å². The van der Waals surface area contributed by atoms with Crippen molar-refractivity contribution in [3.8, 4) is 5.88 Å². The molecule has 0 aliphatic carbocycles. The molecule has 0 aromatic carbocycles. The van der Waals surface area contributed by atoms with Crippen LogP contribution in [0.5, 0.6) is 5.88 Å². The molecule has 0 aliphatic heterocycles. The van der Waals surface area contributed by atoms with E-state index in [-0.39, 0.29) is 22.2 Å². The summed E-state index contributed by atoms with van der Waals surface area (Å²) in [6.07, 6.45) is 0.478. The molecule has 15 heavy (non-hydrogen) atoms. The van der Waals surface area contributed by atoms with Crippen LogP contribution in [0.25, 0.3) is 0 Å². The largest absolute Gasteiger partial charge is 0.480 e. The number of carbonyl (C=O) groups excluding carboxylic acids is 2. The average Bonchev–Trinajstić information content (AvgIpc) is 2.27. The molecule has 1 heterocycles. The lowest BCUT2D eigenvalue weighted by Gasteiger charge is -2.06. The quantitative estimate of drug-likeness (QED) is 0.578. The van der Waals surface area contributed by atoms with Gasteiger partial charge in [-0.2, -0.15) is 0 Å². The van der Waals surface area contributed by atoms with Crippen molar-refractivity contribution in [1.29, 1.82) is 0 Å². The first-order valence-electron chi connectivity index (χ1n) is 3.92. The van der Waals surface area contributed by atoms with Crippen LogP contribution in [0.1, 0.15) is 20.8 Å². The van der Waals surface area contributed by atoms with Crippen molar-refractivity contribution in [2.45, 2.75) is 0 Å². The first-order chi connectivity index (χ1) is 7.13. The van der Waals surface area contributed by atoms with Crippen LogP contribution in [0.4, 0.5) is 0 Å². The lowest BCUT2D eigenvalue weighted by atomic mass is 10.2. The highest BCUT2D eigenvalue weighted by atomic mass is 35.5. The SMILES string of the molecule is COC(=O)c1cc(Cl)c(C=O)nc1OC. The Morgan fingerprint density at radius 3 is 2.67 bits per heavy atom. The molecule has 0 saturated heterocycles. The number of rotatable bonds is 3. The van der Waals surface area contributed by atoms with Crippen LogP contribution in [0, 0.1) is 0 Å². The third kappa shape index (κ3) is 2.24. The Labute approximate surface area is 91.0 Å². The third-order valence-electron chi connectivity index (χ3n) is 1.68. The van der Waals surface area contributed by atoms with Gasteiger partial charge in [0.1, 0.15) is 11.3 Å². The van der Waals surface area contributed by atoms with Crippen molar-refractivity contribution in [3.05, 3.63) is 22.3 Å². The molecule has 1 aromatic heterocycles. The second-order valence-corrected chi connectivity index (χ2v) is 2.93. The number of aromatic nitrogens is 1. The summed E-state index contributed by atoms with van der Waals surface area (Å²) in [5.74, 6) is -0.618. The van der Waals surface area contributed by atoms with Gasteiger partial charge in [0.05, 0.1) is 19.2 Å². The Balaban J connectivity index is 3.33. The van der Waals surface area contributed by atoms with Gasteiger partial charge in [-0.05, 0) is 6.07 Å². The number of carbonyl (C=O) groups is 2. The van der Waals surface area contributed by atoms with Crippen molar-refractivity contribution in [1.82, 2.24) is 4.98 Å². The maximum atomic E-state index is 11.3. The van der Waals surface area contributed by atoms with Crippen molar-refractivity contribution in [2.24, 2.45) is 0 Å². The Morgan fingerprint density at radius 2 is 2.20 bits per heavy atom. The maximum absolute atomic E-state index is 11.3. The zero-order chi connectivity index (χ0) is 11.4. The molecule has 0 amide bonds. The van der Waals surface area contributed by atoms with Crippen molar-refractivity contribution in [3.63, 3.8) is 0 Å². The van der Waals surface area contributed by atoms with Crippen LogP contribution < -0.4 is 4.74 Å². The van der Waals surface area contributed by atoms with E-state index in [1.54, 1.807) is 0 Å². The van der Waals surface area contributed by atoms with E-state index in [1.165, 1.54) is 20.3 Å². The standard InChI is InChI=1S/C9H8ClNO4/c1-14-8-5(9(13)15-2)3-6(10)7(4-12)11-8/h3-4H,1-2H3. The smallest absolute Gasteiger partial charge is 0.343 e. The molecule has 1 aromatic rings. The van der Waals surface area contributed by atoms with Crippen LogP contribution in [0.2, 0.25) is 5.02 Å². The molecular weight excluding hydrogens is 222 g/mol. The molecule has 0 spiro atoms. The summed E-state index contributed by atoms with van der Waals surface area (Å²) in [5.41, 5.74) is 0.0942. The summed E-state index contributed by atoms with van der Waals surface area (Å²) in [4.78, 5) is 25.5. The molecule has 1 rings (SSSR count). The summed E-state index contributed by atoms with van der Waals surface area (Å²) in [5, 5.41) is 0.0752. The number of pyridine rings is 1. The Bertz CT molecular complexity index is 405. The number of esters is 1. The summed E-state index contributed by atoms with van der Waals surface area (Å²) >= 11 is 5.70. The minimum atomic E-state index is -0.626. The summed E-state index contributed by atoms with van der Waals surface area (Å²) in [6.45, 7) is 0. The molecule has 0 unspecified atom stereocenters. The second kappa shape index (κ2) is 4.75. The van der Waals surface area contributed by atoms with Gasteiger partial charge in [-0.1, -0.05) is 11.6 Å². The second-order valence-electron chi connectivity index (χ2n) is 2.52. The summed E-state index contributed by atoms with van der Waals surface area (Å²) in [6, 6.07) is 1.28. The lowest BCUT2D eigenvalue weighted by molar-refractivity contribution is 0.0596. The van der Waals surface area contributed by atoms with Gasteiger partial charge >= 0.3 is 5.97 Å². The lowest BCUT2D eigenvalue weighted by Crippen LogP contribution is -2.07. The van der Waals surface area contributed by atoms with E-state index in [1.807, 2.05) is 0 Å². The number of aldehydes is 1. The minimum Gasteiger partial charge on any atom is -0.480 e. The Morgan fingerprint density at radius 1 is 1.53 bits per heavy atom. The molecule has 0 bridgehead atoms. The van der Waals surface area contributed by atoms with E-state index in [9.17, 15) is 9.59 Å². The van der Waals surface area contributed by atoms with E-state index >= 15 is 0 Å². The van der Waals surface area contributed by atoms with Gasteiger partial charge in [0, 0.05) is 0 Å². The monoisotopic (exact) mass is 229 g/mol. The molecule has 0 aliphatic rings. The molecule has 0 saturated carbocycles. The summed E-state index contributed by atoms with van der Waals surface area (Å²) < 4.78 is 9.34. The highest BCUT2D eigenvalue weighted by molar-refractivity contribution is 6.33. The van der Waals surface area contributed by atoms with Crippen LogP contribution in [0.3, 0.4) is 0 Å². The molecule has 0 radical (unpaired) electrons. The van der Waals surface area contributed by atoms with E-state index in [4.69, 9.17) is 16.3 Å². The fourth-order valence-electron chi connectivity index (χ4n) is 0.980. The predicted octanol–water partition coefficient (Wildman–Crippen LogP) is 1.34. The number of hydrogen-bond acceptors (Lipinski definition) is 5. The molecule has 0 N–H and O–H groups in total. The summed E-state index contributed by atoms with van der Waals surface area (Å²) in [7, 11) is 2.56. The van der Waals surface area contributed by atoms with Gasteiger partial charge in [0.2, 0.25) is 5.88 Å². The van der Waals surface area contributed by atoms with Crippen LogP contribution in [-0.2, 0) is 4.74 Å². The maximum Gasteiger partial charge on any atom is 0.343 e. The molecule has 80 valence electrons. The number of nitrogens with zero attached hydrogens (tertiary/aromatic N) is 1. The van der Waals surface area contributed by atoms with E-state index < -0.39 is 5.97 Å². The van der Waals surface area contributed by atoms with Gasteiger partial charge in [0.25, 0.3) is 0 Å². The highest BCUT2D eigenvalue weighted by Gasteiger charge is 2.17. The number of methoxy groups -OCH3 is 2. The van der Waals surface area contributed by atoms with Crippen LogP contribution in [-0.4, -0.2) is 31.5 Å². The predicted molar refractivity (Wildman–Crippen MR) is 52.5 cm³/mol. The Kier molecular flexibility index (Phi) is 3.62. The number of hydrogen-bond donors (Lipinski definition) is 0. The zero-order valence-electron chi connectivity index (χ0n) is 8.11. The van der Waals surface area contributed by atoms with Gasteiger partial charge in [0.15, 0.2) is 6.29 Å². The van der Waals surface area contributed by atoms with Gasteiger partial charge < -0.3 is 9.47 Å². The average molecular weight is 230 g/mol. The first-order valence-corrected chi connectivity index (χ1v) is 4.29. The molecule has 0 fully saturated rings. The van der Waals surface area contributed by atoms with Gasteiger partial charge in [-0.25, -0.2) is 9.78 Å². The molecule has 6 heteroatoms. The van der Waals surface area contributed by atoms with Crippen molar-refractivity contribution >= 4 is 23.9 Å². The fraction of sp³-hybridized carbons (Fsp3) is 0.222. The normalized spacial score (nSPS) is 9.53. The third-order valence-corrected chi connectivity index (χ3v) is 1.98. The highest BCUT2D eigenvalue weighted by Crippen LogP contribution is 2.22. The number of halogens is 1. The van der Waals surface area contributed by atoms with Crippen molar-refractivity contribution in [2.75, 3.05) is 14.2 Å². The van der Waals surface area contributed by atoms with Gasteiger partial charge in [-0.15, -0.1) is 0 Å². The molecule has 0 atom stereocenters. The van der Waals surface area contributed by atoms with E-state index in [0.717, 1.165) is 0 Å². The van der Waals surface area contributed by atoms with E-state index in [2.05, 4.69) is 9.72 Å². The van der Waals surface area contributed by atoms with Gasteiger partial charge in [-0.3, -0.25) is 4.79 Å². The topological polar surface area (TPSA) is 65.5 Å². The number of ether oxygens (including phenoxy) is 2. The Hall–Kier alpha value is -1.62. The van der Waals surface area contributed by atoms with Crippen LogP contribution in [0.15, 0.2) is 6.07 Å². The first kappa shape index (κ1) is 11.5. The zero-order valence-corrected chi connectivity index (χ0v) is 8.87. The van der Waals surface area contributed by atoms with E-state index in [0.29, 0.717) is 6.29 Å². The minimum absolute atomic E-state index is 0.00773. The van der Waals surface area contributed by atoms with Crippen molar-refractivity contribution < 1.29 is 19.1 Å². The fourth-order valence-corrected chi connectivity index (χ4v) is 1.18. The molecular formula is C9H8ClNO4.